The van der Waals surface area contributed by atoms with Gasteiger partial charge in [0.05, 0.1) is 29.1 Å². The minimum absolute atomic E-state index is 0.0765. The number of alkyl halides is 3. The summed E-state index contributed by atoms with van der Waals surface area (Å²) in [6.07, 6.45) is -4.76. The molecule has 3 aromatic rings. The van der Waals surface area contributed by atoms with Gasteiger partial charge in [0.25, 0.3) is 5.56 Å². The van der Waals surface area contributed by atoms with Crippen molar-refractivity contribution < 1.29 is 22.8 Å². The maximum absolute atomic E-state index is 13.1. The molecule has 0 bridgehead atoms. The maximum Gasteiger partial charge on any atom is 0.418 e. The SMILES string of the molecule is O=C(Cc1cc(=O)[nH]c(SCC(=O)Nc2ccccc2C(F)(F)F)n1)NCc1ccccc1. The van der Waals surface area contributed by atoms with E-state index in [-0.39, 0.29) is 34.6 Å². The second-order valence-corrected chi connectivity index (χ2v) is 7.83. The van der Waals surface area contributed by atoms with Crippen LogP contribution in [0.4, 0.5) is 18.9 Å². The van der Waals surface area contributed by atoms with Gasteiger partial charge in [0.1, 0.15) is 0 Å². The lowest BCUT2D eigenvalue weighted by molar-refractivity contribution is -0.137. The Kier molecular flexibility index (Phi) is 7.88. The molecule has 0 spiro atoms. The summed E-state index contributed by atoms with van der Waals surface area (Å²) in [6, 6.07) is 15.1. The second-order valence-electron chi connectivity index (χ2n) is 6.86. The van der Waals surface area contributed by atoms with Crippen LogP contribution in [0.5, 0.6) is 0 Å². The fourth-order valence-corrected chi connectivity index (χ4v) is 3.52. The molecule has 1 heterocycles. The molecular formula is C22H19F3N4O3S. The van der Waals surface area contributed by atoms with Crippen LogP contribution >= 0.6 is 11.8 Å². The predicted octanol–water partition coefficient (Wildman–Crippen LogP) is 3.38. The van der Waals surface area contributed by atoms with Crippen LogP contribution in [0.15, 0.2) is 70.6 Å². The van der Waals surface area contributed by atoms with E-state index in [1.54, 1.807) is 0 Å². The van der Waals surface area contributed by atoms with Gasteiger partial charge in [-0.2, -0.15) is 13.2 Å². The average Bonchev–Trinajstić information content (AvgIpc) is 2.76. The van der Waals surface area contributed by atoms with Gasteiger partial charge in [-0.05, 0) is 17.7 Å². The number of aromatic amines is 1. The number of amides is 2. The lowest BCUT2D eigenvalue weighted by atomic mass is 10.1. The number of aromatic nitrogens is 2. The van der Waals surface area contributed by atoms with E-state index >= 15 is 0 Å². The zero-order valence-electron chi connectivity index (χ0n) is 17.1. The first-order valence-electron chi connectivity index (χ1n) is 9.70. The lowest BCUT2D eigenvalue weighted by Gasteiger charge is -2.13. The number of H-pyrrole nitrogens is 1. The molecule has 0 saturated carbocycles. The Hall–Kier alpha value is -3.60. The van der Waals surface area contributed by atoms with E-state index in [1.807, 2.05) is 30.3 Å². The molecule has 3 rings (SSSR count). The molecule has 1 aromatic heterocycles. The lowest BCUT2D eigenvalue weighted by Crippen LogP contribution is -2.26. The highest BCUT2D eigenvalue weighted by molar-refractivity contribution is 7.99. The molecule has 0 aliphatic heterocycles. The van der Waals surface area contributed by atoms with Crippen LogP contribution in [0.2, 0.25) is 0 Å². The van der Waals surface area contributed by atoms with Gasteiger partial charge in [-0.3, -0.25) is 14.4 Å². The first kappa shape index (κ1) is 24.1. The van der Waals surface area contributed by atoms with Gasteiger partial charge < -0.3 is 15.6 Å². The van der Waals surface area contributed by atoms with E-state index in [0.717, 1.165) is 29.5 Å². The number of rotatable bonds is 8. The summed E-state index contributed by atoms with van der Waals surface area (Å²) in [5.41, 5.74) is -0.714. The molecular weight excluding hydrogens is 457 g/mol. The number of carbonyl (C=O) groups is 2. The van der Waals surface area contributed by atoms with Gasteiger partial charge in [0, 0.05) is 12.6 Å². The van der Waals surface area contributed by atoms with Gasteiger partial charge in [0.2, 0.25) is 11.8 Å². The summed E-state index contributed by atoms with van der Waals surface area (Å²) in [7, 11) is 0. The molecule has 0 aliphatic carbocycles. The van der Waals surface area contributed by atoms with E-state index < -0.39 is 23.2 Å². The van der Waals surface area contributed by atoms with Crippen LogP contribution in [0.3, 0.4) is 0 Å². The Balaban J connectivity index is 1.57. The summed E-state index contributed by atoms with van der Waals surface area (Å²) in [4.78, 5) is 42.8. The molecule has 2 amide bonds. The molecule has 0 aliphatic rings. The normalized spacial score (nSPS) is 11.1. The molecule has 0 unspecified atom stereocenters. The number of thioether (sulfide) groups is 1. The molecule has 11 heteroatoms. The Morgan fingerprint density at radius 3 is 2.42 bits per heavy atom. The van der Waals surface area contributed by atoms with E-state index in [1.165, 1.54) is 18.2 Å². The van der Waals surface area contributed by atoms with Crippen molar-refractivity contribution in [2.45, 2.75) is 24.3 Å². The Labute approximate surface area is 190 Å². The smallest absolute Gasteiger partial charge is 0.352 e. The minimum atomic E-state index is -4.61. The number of anilines is 1. The molecule has 0 atom stereocenters. The van der Waals surface area contributed by atoms with Crippen molar-refractivity contribution in [2.24, 2.45) is 0 Å². The monoisotopic (exact) mass is 476 g/mol. The van der Waals surface area contributed by atoms with Crippen molar-refractivity contribution in [3.05, 3.63) is 87.8 Å². The van der Waals surface area contributed by atoms with E-state index in [9.17, 15) is 27.6 Å². The van der Waals surface area contributed by atoms with Crippen molar-refractivity contribution in [1.82, 2.24) is 15.3 Å². The van der Waals surface area contributed by atoms with Crippen molar-refractivity contribution in [3.63, 3.8) is 0 Å². The molecule has 0 radical (unpaired) electrons. The third-order valence-electron chi connectivity index (χ3n) is 4.29. The Morgan fingerprint density at radius 1 is 1.00 bits per heavy atom. The third-order valence-corrected chi connectivity index (χ3v) is 5.17. The van der Waals surface area contributed by atoms with Crippen LogP contribution < -0.4 is 16.2 Å². The zero-order chi connectivity index (χ0) is 23.8. The maximum atomic E-state index is 13.1. The third kappa shape index (κ3) is 7.49. The fraction of sp³-hybridized carbons (Fsp3) is 0.182. The first-order chi connectivity index (χ1) is 15.7. The van der Waals surface area contributed by atoms with Crippen LogP contribution in [0.1, 0.15) is 16.8 Å². The number of carbonyl (C=O) groups excluding carboxylic acids is 2. The van der Waals surface area contributed by atoms with Crippen molar-refractivity contribution in [3.8, 4) is 0 Å². The summed E-state index contributed by atoms with van der Waals surface area (Å²) in [5.74, 6) is -1.33. The molecule has 2 aromatic carbocycles. The number of hydrogen-bond acceptors (Lipinski definition) is 5. The number of para-hydroxylation sites is 1. The minimum Gasteiger partial charge on any atom is -0.352 e. The molecule has 0 fully saturated rings. The van der Waals surface area contributed by atoms with Gasteiger partial charge in [-0.15, -0.1) is 0 Å². The highest BCUT2D eigenvalue weighted by Crippen LogP contribution is 2.34. The van der Waals surface area contributed by atoms with Crippen molar-refractivity contribution in [2.75, 3.05) is 11.1 Å². The van der Waals surface area contributed by atoms with Crippen LogP contribution in [0, 0.1) is 0 Å². The zero-order valence-corrected chi connectivity index (χ0v) is 17.9. The van der Waals surface area contributed by atoms with Gasteiger partial charge in [-0.25, -0.2) is 4.98 Å². The van der Waals surface area contributed by atoms with E-state index in [0.29, 0.717) is 6.54 Å². The topological polar surface area (TPSA) is 104 Å². The average molecular weight is 476 g/mol. The summed E-state index contributed by atoms with van der Waals surface area (Å²) in [6.45, 7) is 0.323. The van der Waals surface area contributed by atoms with Crippen molar-refractivity contribution in [1.29, 1.82) is 0 Å². The molecule has 172 valence electrons. The standard InChI is InChI=1S/C22H19F3N4O3S/c23-22(24,25)16-8-4-5-9-17(16)28-20(32)13-33-21-27-15(11-19(31)29-21)10-18(30)26-12-14-6-2-1-3-7-14/h1-9,11H,10,12-13H2,(H,26,30)(H,28,32)(H,27,29,31). The highest BCUT2D eigenvalue weighted by atomic mass is 32.2. The van der Waals surface area contributed by atoms with Crippen molar-refractivity contribution >= 4 is 29.3 Å². The highest BCUT2D eigenvalue weighted by Gasteiger charge is 2.33. The largest absolute Gasteiger partial charge is 0.418 e. The molecule has 33 heavy (non-hydrogen) atoms. The quantitative estimate of drug-likeness (QED) is 0.342. The number of benzene rings is 2. The van der Waals surface area contributed by atoms with Gasteiger partial charge >= 0.3 is 6.18 Å². The number of halogens is 3. The van der Waals surface area contributed by atoms with E-state index in [2.05, 4.69) is 20.6 Å². The van der Waals surface area contributed by atoms with Crippen LogP contribution in [-0.2, 0) is 28.7 Å². The fourth-order valence-electron chi connectivity index (χ4n) is 2.83. The predicted molar refractivity (Wildman–Crippen MR) is 118 cm³/mol. The number of nitrogens with one attached hydrogen (secondary N) is 3. The number of hydrogen-bond donors (Lipinski definition) is 3. The molecule has 3 N–H and O–H groups in total. The summed E-state index contributed by atoms with van der Waals surface area (Å²) < 4.78 is 39.2. The molecule has 0 saturated heterocycles. The Bertz CT molecular complexity index is 1180. The first-order valence-corrected chi connectivity index (χ1v) is 10.7. The van der Waals surface area contributed by atoms with Crippen LogP contribution in [-0.4, -0.2) is 27.5 Å². The second kappa shape index (κ2) is 10.8. The molecule has 7 nitrogen and oxygen atoms in total. The van der Waals surface area contributed by atoms with Gasteiger partial charge in [0.15, 0.2) is 5.16 Å². The van der Waals surface area contributed by atoms with Gasteiger partial charge in [-0.1, -0.05) is 54.2 Å². The van der Waals surface area contributed by atoms with Crippen LogP contribution in [0.25, 0.3) is 0 Å². The summed E-state index contributed by atoms with van der Waals surface area (Å²) in [5, 5.41) is 5.02. The summed E-state index contributed by atoms with van der Waals surface area (Å²) >= 11 is 0.835. The Morgan fingerprint density at radius 2 is 1.70 bits per heavy atom. The number of nitrogens with zero attached hydrogens (tertiary/aromatic N) is 1. The van der Waals surface area contributed by atoms with E-state index in [4.69, 9.17) is 0 Å².